The Balaban J connectivity index is 1.69. The van der Waals surface area contributed by atoms with Crippen LogP contribution in [0.2, 0.25) is 0 Å². The van der Waals surface area contributed by atoms with Gasteiger partial charge >= 0.3 is 0 Å². The number of thiophene rings is 1. The summed E-state index contributed by atoms with van der Waals surface area (Å²) in [5.41, 5.74) is 2.46. The number of pyridine rings is 1. The van der Waals surface area contributed by atoms with Crippen LogP contribution in [0.15, 0.2) is 29.6 Å². The van der Waals surface area contributed by atoms with Crippen LogP contribution in [0.5, 0.6) is 0 Å². The van der Waals surface area contributed by atoms with E-state index in [1.807, 2.05) is 11.3 Å². The van der Waals surface area contributed by atoms with Gasteiger partial charge in [0.2, 0.25) is 0 Å². The fourth-order valence-electron chi connectivity index (χ4n) is 2.43. The Bertz CT molecular complexity index is 576. The van der Waals surface area contributed by atoms with Gasteiger partial charge in [0, 0.05) is 29.7 Å². The maximum atomic E-state index is 4.81. The normalized spacial score (nSPS) is 14.4. The zero-order valence-corrected chi connectivity index (χ0v) is 13.6. The maximum Gasteiger partial charge on any atom is 0.129 e. The third kappa shape index (κ3) is 3.83. The Morgan fingerprint density at radius 1 is 1.33 bits per heavy atom. The lowest BCUT2D eigenvalue weighted by atomic mass is 10.2. The molecule has 0 spiro atoms. The van der Waals surface area contributed by atoms with E-state index in [9.17, 15) is 0 Å². The number of hydrogen-bond donors (Lipinski definition) is 1. The fraction of sp³-hybridized carbons (Fsp3) is 0.471. The van der Waals surface area contributed by atoms with Gasteiger partial charge in [-0.3, -0.25) is 0 Å². The van der Waals surface area contributed by atoms with Crippen LogP contribution in [0.1, 0.15) is 35.9 Å². The minimum absolute atomic E-state index is 0.745. The Labute approximate surface area is 131 Å². The molecule has 3 nitrogen and oxygen atoms in total. The van der Waals surface area contributed by atoms with E-state index < -0.39 is 0 Å². The first kappa shape index (κ1) is 14.5. The number of aromatic nitrogens is 1. The first-order chi connectivity index (χ1) is 10.3. The van der Waals surface area contributed by atoms with Gasteiger partial charge in [-0.05, 0) is 49.8 Å². The van der Waals surface area contributed by atoms with Gasteiger partial charge in [-0.1, -0.05) is 12.1 Å². The van der Waals surface area contributed by atoms with E-state index >= 15 is 0 Å². The van der Waals surface area contributed by atoms with Crippen LogP contribution in [0.3, 0.4) is 0 Å². The highest BCUT2D eigenvalue weighted by Gasteiger charge is 2.20. The second-order valence-corrected chi connectivity index (χ2v) is 6.69. The molecule has 2 heterocycles. The number of rotatable bonds is 7. The van der Waals surface area contributed by atoms with E-state index in [4.69, 9.17) is 4.98 Å². The molecular formula is C17H23N3S. The molecule has 0 unspecified atom stereocenters. The van der Waals surface area contributed by atoms with Crippen LogP contribution in [-0.4, -0.2) is 17.6 Å². The molecule has 21 heavy (non-hydrogen) atoms. The molecule has 1 fully saturated rings. The molecule has 1 aliphatic carbocycles. The van der Waals surface area contributed by atoms with Gasteiger partial charge < -0.3 is 10.2 Å². The maximum absolute atomic E-state index is 4.81. The van der Waals surface area contributed by atoms with Gasteiger partial charge in [0.25, 0.3) is 0 Å². The van der Waals surface area contributed by atoms with E-state index in [2.05, 4.69) is 53.7 Å². The molecule has 0 aromatic carbocycles. The van der Waals surface area contributed by atoms with Crippen molar-refractivity contribution in [2.24, 2.45) is 0 Å². The highest BCUT2D eigenvalue weighted by molar-refractivity contribution is 7.09. The van der Waals surface area contributed by atoms with E-state index in [0.29, 0.717) is 0 Å². The quantitative estimate of drug-likeness (QED) is 0.844. The van der Waals surface area contributed by atoms with Gasteiger partial charge in [0.1, 0.15) is 5.82 Å². The van der Waals surface area contributed by atoms with E-state index in [0.717, 1.165) is 37.2 Å². The summed E-state index contributed by atoms with van der Waals surface area (Å²) in [4.78, 5) is 8.53. The van der Waals surface area contributed by atoms with Gasteiger partial charge in [-0.15, -0.1) is 11.3 Å². The van der Waals surface area contributed by atoms with Gasteiger partial charge in [0.05, 0.1) is 6.54 Å². The van der Waals surface area contributed by atoms with Crippen LogP contribution in [0.4, 0.5) is 5.82 Å². The lowest BCUT2D eigenvalue weighted by Crippen LogP contribution is -2.23. The standard InChI is InChI=1S/C17H23N3S/c1-3-20(12-16-5-4-10-21-16)17-9-6-14(13(2)19-17)11-18-15-7-8-15/h4-6,9-10,15,18H,3,7-8,11-12H2,1-2H3. The smallest absolute Gasteiger partial charge is 0.129 e. The number of nitrogens with zero attached hydrogens (tertiary/aromatic N) is 2. The molecular weight excluding hydrogens is 278 g/mol. The van der Waals surface area contributed by atoms with Crippen molar-refractivity contribution in [2.45, 2.75) is 45.8 Å². The molecule has 0 aliphatic heterocycles. The minimum Gasteiger partial charge on any atom is -0.352 e. The predicted molar refractivity (Wildman–Crippen MR) is 89.9 cm³/mol. The average molecular weight is 301 g/mol. The summed E-state index contributed by atoms with van der Waals surface area (Å²) < 4.78 is 0. The van der Waals surface area contributed by atoms with Gasteiger partial charge in [-0.25, -0.2) is 4.98 Å². The molecule has 2 aromatic heterocycles. The zero-order valence-electron chi connectivity index (χ0n) is 12.8. The molecule has 1 N–H and O–H groups in total. The predicted octanol–water partition coefficient (Wildman–Crippen LogP) is 3.73. The van der Waals surface area contributed by atoms with Gasteiger partial charge in [0.15, 0.2) is 0 Å². The summed E-state index contributed by atoms with van der Waals surface area (Å²) in [6.07, 6.45) is 2.66. The summed E-state index contributed by atoms with van der Waals surface area (Å²) in [7, 11) is 0. The van der Waals surface area contributed by atoms with Crippen LogP contribution >= 0.6 is 11.3 Å². The second-order valence-electron chi connectivity index (χ2n) is 5.66. The SMILES string of the molecule is CCN(Cc1cccs1)c1ccc(CNC2CC2)c(C)n1. The Kier molecular flexibility index (Phi) is 4.56. The molecule has 0 amide bonds. The fourth-order valence-corrected chi connectivity index (χ4v) is 3.15. The van der Waals surface area contributed by atoms with Crippen molar-refractivity contribution in [1.82, 2.24) is 10.3 Å². The highest BCUT2D eigenvalue weighted by Crippen LogP contribution is 2.22. The molecule has 0 bridgehead atoms. The van der Waals surface area contributed by atoms with Crippen molar-refractivity contribution in [1.29, 1.82) is 0 Å². The largest absolute Gasteiger partial charge is 0.352 e. The van der Waals surface area contributed by atoms with Gasteiger partial charge in [-0.2, -0.15) is 0 Å². The van der Waals surface area contributed by atoms with E-state index in [1.54, 1.807) is 0 Å². The Hall–Kier alpha value is -1.39. The molecule has 1 aliphatic rings. The molecule has 0 radical (unpaired) electrons. The topological polar surface area (TPSA) is 28.2 Å². The number of anilines is 1. The minimum atomic E-state index is 0.745. The third-order valence-corrected chi connectivity index (χ3v) is 4.83. The highest BCUT2D eigenvalue weighted by atomic mass is 32.1. The first-order valence-corrected chi connectivity index (χ1v) is 8.61. The number of aryl methyl sites for hydroxylation is 1. The average Bonchev–Trinajstić information content (AvgIpc) is 3.18. The summed E-state index contributed by atoms with van der Waals surface area (Å²) in [6, 6.07) is 9.43. The molecule has 3 rings (SSSR count). The van der Waals surface area contributed by atoms with Crippen LogP contribution in [0.25, 0.3) is 0 Å². The van der Waals surface area contributed by atoms with Crippen molar-refractivity contribution >= 4 is 17.2 Å². The molecule has 2 aromatic rings. The van der Waals surface area contributed by atoms with Crippen LogP contribution in [0, 0.1) is 6.92 Å². The van der Waals surface area contributed by atoms with E-state index in [-0.39, 0.29) is 0 Å². The van der Waals surface area contributed by atoms with Crippen molar-refractivity contribution in [3.8, 4) is 0 Å². The monoisotopic (exact) mass is 301 g/mol. The summed E-state index contributed by atoms with van der Waals surface area (Å²) in [5, 5.41) is 5.69. The lowest BCUT2D eigenvalue weighted by molar-refractivity contribution is 0.681. The molecule has 0 atom stereocenters. The molecule has 4 heteroatoms. The number of hydrogen-bond acceptors (Lipinski definition) is 4. The molecule has 0 saturated heterocycles. The number of nitrogens with one attached hydrogen (secondary N) is 1. The van der Waals surface area contributed by atoms with Crippen molar-refractivity contribution in [3.63, 3.8) is 0 Å². The summed E-state index contributed by atoms with van der Waals surface area (Å²) in [5.74, 6) is 1.08. The van der Waals surface area contributed by atoms with Crippen molar-refractivity contribution in [2.75, 3.05) is 11.4 Å². The van der Waals surface area contributed by atoms with Crippen molar-refractivity contribution < 1.29 is 0 Å². The van der Waals surface area contributed by atoms with Crippen LogP contribution < -0.4 is 10.2 Å². The Morgan fingerprint density at radius 2 is 2.19 bits per heavy atom. The van der Waals surface area contributed by atoms with Crippen LogP contribution in [-0.2, 0) is 13.1 Å². The van der Waals surface area contributed by atoms with Crippen molar-refractivity contribution in [3.05, 3.63) is 45.8 Å². The second kappa shape index (κ2) is 6.58. The third-order valence-electron chi connectivity index (χ3n) is 3.97. The Morgan fingerprint density at radius 3 is 2.81 bits per heavy atom. The van der Waals surface area contributed by atoms with E-state index in [1.165, 1.54) is 23.3 Å². The lowest BCUT2D eigenvalue weighted by Gasteiger charge is -2.22. The molecule has 112 valence electrons. The summed E-state index contributed by atoms with van der Waals surface area (Å²) >= 11 is 1.81. The molecule has 1 saturated carbocycles. The summed E-state index contributed by atoms with van der Waals surface area (Å²) in [6.45, 7) is 7.17. The zero-order chi connectivity index (χ0) is 14.7. The first-order valence-electron chi connectivity index (χ1n) is 7.73.